The molecule has 0 bridgehead atoms. The molecule has 0 aliphatic heterocycles. The third-order valence-corrected chi connectivity index (χ3v) is 4.18. The molecule has 2 amide bonds. The average Bonchev–Trinajstić information content (AvgIpc) is 2.50. The molecule has 0 heterocycles. The maximum atomic E-state index is 12.0. The van der Waals surface area contributed by atoms with Crippen LogP contribution in [0.25, 0.3) is 0 Å². The number of hydrogen-bond donors (Lipinski definition) is 2. The second-order valence-electron chi connectivity index (χ2n) is 5.93. The molecule has 5 nitrogen and oxygen atoms in total. The summed E-state index contributed by atoms with van der Waals surface area (Å²) in [6.07, 6.45) is 4.28. The van der Waals surface area contributed by atoms with E-state index in [0.29, 0.717) is 17.2 Å². The Hall–Kier alpha value is -2.17. The maximum absolute atomic E-state index is 12.0. The van der Waals surface area contributed by atoms with Gasteiger partial charge in [0.25, 0.3) is 0 Å². The van der Waals surface area contributed by atoms with E-state index in [1.54, 1.807) is 24.3 Å². The molecule has 22 heavy (non-hydrogen) atoms. The zero-order chi connectivity index (χ0) is 16.1. The van der Waals surface area contributed by atoms with Gasteiger partial charge in [-0.25, -0.2) is 0 Å². The Balaban J connectivity index is 1.90. The number of benzene rings is 1. The summed E-state index contributed by atoms with van der Waals surface area (Å²) in [5.41, 5.74) is 1.07. The molecule has 5 heteroatoms. The number of carbonyl (C=O) groups is 3. The van der Waals surface area contributed by atoms with Gasteiger partial charge in [0.1, 0.15) is 0 Å². The first-order valence-corrected chi connectivity index (χ1v) is 7.70. The predicted molar refractivity (Wildman–Crippen MR) is 84.6 cm³/mol. The normalized spacial score (nSPS) is 21.0. The van der Waals surface area contributed by atoms with E-state index in [4.69, 9.17) is 0 Å². The van der Waals surface area contributed by atoms with Gasteiger partial charge in [-0.1, -0.05) is 19.8 Å². The Morgan fingerprint density at radius 1 is 1.00 bits per heavy atom. The SMILES string of the molecule is CC(=O)c1ccc(NC(=O)C(=O)NC2CCCCC2C)cc1. The zero-order valence-electron chi connectivity index (χ0n) is 13.0. The molecule has 2 rings (SSSR count). The fourth-order valence-electron chi connectivity index (χ4n) is 2.74. The van der Waals surface area contributed by atoms with E-state index in [1.165, 1.54) is 13.3 Å². The minimum Gasteiger partial charge on any atom is -0.345 e. The monoisotopic (exact) mass is 302 g/mol. The third-order valence-electron chi connectivity index (χ3n) is 4.18. The molecule has 1 fully saturated rings. The van der Waals surface area contributed by atoms with Crippen molar-refractivity contribution in [2.45, 2.75) is 45.6 Å². The van der Waals surface area contributed by atoms with Crippen molar-refractivity contribution in [2.75, 3.05) is 5.32 Å². The number of anilines is 1. The quantitative estimate of drug-likeness (QED) is 0.665. The first-order valence-electron chi connectivity index (χ1n) is 7.70. The molecular weight excluding hydrogens is 280 g/mol. The van der Waals surface area contributed by atoms with E-state index in [0.717, 1.165) is 19.3 Å². The summed E-state index contributed by atoms with van der Waals surface area (Å²) >= 11 is 0. The summed E-state index contributed by atoms with van der Waals surface area (Å²) in [5.74, 6) is -0.912. The van der Waals surface area contributed by atoms with Gasteiger partial charge in [0.05, 0.1) is 0 Å². The number of Topliss-reactive ketones (excluding diaryl/α,β-unsaturated/α-hetero) is 1. The van der Waals surface area contributed by atoms with Crippen molar-refractivity contribution >= 4 is 23.3 Å². The molecule has 0 spiro atoms. The molecule has 0 saturated heterocycles. The van der Waals surface area contributed by atoms with Gasteiger partial charge in [-0.3, -0.25) is 14.4 Å². The number of amides is 2. The molecule has 2 unspecified atom stereocenters. The van der Waals surface area contributed by atoms with Gasteiger partial charge in [-0.2, -0.15) is 0 Å². The molecule has 1 saturated carbocycles. The number of hydrogen-bond acceptors (Lipinski definition) is 3. The number of carbonyl (C=O) groups excluding carboxylic acids is 3. The lowest BCUT2D eigenvalue weighted by Gasteiger charge is -2.29. The van der Waals surface area contributed by atoms with Crippen LogP contribution in [-0.2, 0) is 9.59 Å². The second-order valence-corrected chi connectivity index (χ2v) is 5.93. The predicted octanol–water partition coefficient (Wildman–Crippen LogP) is 2.52. The first-order chi connectivity index (χ1) is 10.5. The van der Waals surface area contributed by atoms with E-state index < -0.39 is 11.8 Å². The molecular formula is C17H22N2O3. The summed E-state index contributed by atoms with van der Waals surface area (Å²) < 4.78 is 0. The van der Waals surface area contributed by atoms with E-state index in [9.17, 15) is 14.4 Å². The number of ketones is 1. The molecule has 1 aliphatic rings. The Labute approximate surface area is 130 Å². The average molecular weight is 302 g/mol. The van der Waals surface area contributed by atoms with E-state index in [2.05, 4.69) is 17.6 Å². The Morgan fingerprint density at radius 2 is 1.64 bits per heavy atom. The number of rotatable bonds is 3. The van der Waals surface area contributed by atoms with Crippen LogP contribution in [0.15, 0.2) is 24.3 Å². The molecule has 0 aromatic heterocycles. The Morgan fingerprint density at radius 3 is 2.23 bits per heavy atom. The standard InChI is InChI=1S/C17H22N2O3/c1-11-5-3-4-6-15(11)19-17(22)16(21)18-14-9-7-13(8-10-14)12(2)20/h7-11,15H,3-6H2,1-2H3,(H,18,21)(H,19,22). The highest BCUT2D eigenvalue weighted by Crippen LogP contribution is 2.23. The van der Waals surface area contributed by atoms with Gasteiger partial charge in [0, 0.05) is 17.3 Å². The molecule has 1 aromatic rings. The summed E-state index contributed by atoms with van der Waals surface area (Å²) in [6, 6.07) is 6.56. The van der Waals surface area contributed by atoms with Crippen molar-refractivity contribution in [3.05, 3.63) is 29.8 Å². The van der Waals surface area contributed by atoms with Gasteiger partial charge in [-0.15, -0.1) is 0 Å². The summed E-state index contributed by atoms with van der Waals surface area (Å²) in [5, 5.41) is 5.36. The lowest BCUT2D eigenvalue weighted by atomic mass is 9.86. The first kappa shape index (κ1) is 16.2. The summed E-state index contributed by atoms with van der Waals surface area (Å²) in [6.45, 7) is 3.58. The largest absolute Gasteiger partial charge is 0.345 e. The lowest BCUT2D eigenvalue weighted by Crippen LogP contribution is -2.45. The topological polar surface area (TPSA) is 75.3 Å². The van der Waals surface area contributed by atoms with E-state index in [1.807, 2.05) is 0 Å². The van der Waals surface area contributed by atoms with Gasteiger partial charge in [0.2, 0.25) is 0 Å². The number of nitrogens with one attached hydrogen (secondary N) is 2. The van der Waals surface area contributed by atoms with Crippen molar-refractivity contribution in [3.63, 3.8) is 0 Å². The van der Waals surface area contributed by atoms with Crippen LogP contribution in [0.2, 0.25) is 0 Å². The van der Waals surface area contributed by atoms with E-state index >= 15 is 0 Å². The van der Waals surface area contributed by atoms with Crippen molar-refractivity contribution < 1.29 is 14.4 Å². The zero-order valence-corrected chi connectivity index (χ0v) is 13.0. The van der Waals surface area contributed by atoms with Crippen LogP contribution in [0.4, 0.5) is 5.69 Å². The molecule has 2 N–H and O–H groups in total. The minimum atomic E-state index is -0.673. The van der Waals surface area contributed by atoms with Gasteiger partial charge in [0.15, 0.2) is 5.78 Å². The second kappa shape index (κ2) is 7.20. The van der Waals surface area contributed by atoms with Gasteiger partial charge < -0.3 is 10.6 Å². The fraction of sp³-hybridized carbons (Fsp3) is 0.471. The van der Waals surface area contributed by atoms with Crippen LogP contribution in [0, 0.1) is 5.92 Å². The molecule has 118 valence electrons. The van der Waals surface area contributed by atoms with Crippen LogP contribution in [0.1, 0.15) is 49.9 Å². The van der Waals surface area contributed by atoms with Crippen molar-refractivity contribution in [3.8, 4) is 0 Å². The highest BCUT2D eigenvalue weighted by molar-refractivity contribution is 6.39. The highest BCUT2D eigenvalue weighted by Gasteiger charge is 2.25. The fourth-order valence-corrected chi connectivity index (χ4v) is 2.74. The van der Waals surface area contributed by atoms with Crippen molar-refractivity contribution in [1.82, 2.24) is 5.32 Å². The van der Waals surface area contributed by atoms with Crippen molar-refractivity contribution in [1.29, 1.82) is 0 Å². The maximum Gasteiger partial charge on any atom is 0.313 e. The molecule has 1 aliphatic carbocycles. The lowest BCUT2D eigenvalue weighted by molar-refractivity contribution is -0.137. The summed E-state index contributed by atoms with van der Waals surface area (Å²) in [4.78, 5) is 35.1. The Bertz CT molecular complexity index is 566. The van der Waals surface area contributed by atoms with Crippen LogP contribution >= 0.6 is 0 Å². The van der Waals surface area contributed by atoms with Crippen LogP contribution < -0.4 is 10.6 Å². The van der Waals surface area contributed by atoms with Crippen LogP contribution in [0.5, 0.6) is 0 Å². The molecule has 1 aromatic carbocycles. The Kier molecular flexibility index (Phi) is 5.31. The van der Waals surface area contributed by atoms with Gasteiger partial charge >= 0.3 is 11.8 Å². The van der Waals surface area contributed by atoms with Gasteiger partial charge in [-0.05, 0) is 49.9 Å². The van der Waals surface area contributed by atoms with Crippen LogP contribution in [-0.4, -0.2) is 23.6 Å². The summed E-state index contributed by atoms with van der Waals surface area (Å²) in [7, 11) is 0. The minimum absolute atomic E-state index is 0.0399. The smallest absolute Gasteiger partial charge is 0.313 e. The van der Waals surface area contributed by atoms with Crippen molar-refractivity contribution in [2.24, 2.45) is 5.92 Å². The highest BCUT2D eigenvalue weighted by atomic mass is 16.2. The van der Waals surface area contributed by atoms with E-state index in [-0.39, 0.29) is 11.8 Å². The van der Waals surface area contributed by atoms with Crippen LogP contribution in [0.3, 0.4) is 0 Å². The molecule has 2 atom stereocenters. The third kappa shape index (κ3) is 4.16. The molecule has 0 radical (unpaired) electrons.